The standard InChI is InChI=1S/C27H30O6Si/c1-30-24-15-21(33-34(2,3)4)16-25-27(24,26(29)31-18-19-11-7-5-8-12-19)23(28)17-22(32-25)20-13-9-6-10-14-20/h5-15,17,24-25H,16,18H2,1-4H3/t24-,25+,27+/m1/s1. The van der Waals surface area contributed by atoms with Crippen LogP contribution in [0.3, 0.4) is 0 Å². The van der Waals surface area contributed by atoms with Crippen LogP contribution in [-0.4, -0.2) is 39.4 Å². The molecule has 0 fully saturated rings. The molecule has 7 heteroatoms. The number of carbonyl (C=O) groups excluding carboxylic acids is 2. The summed E-state index contributed by atoms with van der Waals surface area (Å²) < 4.78 is 24.0. The molecule has 0 radical (unpaired) electrons. The summed E-state index contributed by atoms with van der Waals surface area (Å²) in [5.41, 5.74) is -0.0662. The predicted molar refractivity (Wildman–Crippen MR) is 131 cm³/mol. The van der Waals surface area contributed by atoms with E-state index in [1.54, 1.807) is 6.08 Å². The maximum Gasteiger partial charge on any atom is 0.327 e. The molecular weight excluding hydrogens is 448 g/mol. The summed E-state index contributed by atoms with van der Waals surface area (Å²) in [5, 5.41) is 0. The lowest BCUT2D eigenvalue weighted by Gasteiger charge is -2.46. The van der Waals surface area contributed by atoms with Gasteiger partial charge in [-0.25, -0.2) is 0 Å². The van der Waals surface area contributed by atoms with E-state index in [1.807, 2.05) is 60.7 Å². The van der Waals surface area contributed by atoms with Gasteiger partial charge in [0.1, 0.15) is 24.6 Å². The van der Waals surface area contributed by atoms with E-state index in [0.29, 0.717) is 11.5 Å². The molecular formula is C27H30O6Si. The van der Waals surface area contributed by atoms with Crippen molar-refractivity contribution >= 4 is 25.8 Å². The van der Waals surface area contributed by atoms with E-state index in [9.17, 15) is 9.59 Å². The quantitative estimate of drug-likeness (QED) is 0.321. The van der Waals surface area contributed by atoms with E-state index in [2.05, 4.69) is 19.6 Å². The molecule has 2 aliphatic rings. The Morgan fingerprint density at radius 2 is 1.71 bits per heavy atom. The van der Waals surface area contributed by atoms with Crippen molar-refractivity contribution in [2.75, 3.05) is 7.11 Å². The van der Waals surface area contributed by atoms with Gasteiger partial charge in [-0.2, -0.15) is 0 Å². The molecule has 0 saturated carbocycles. The Morgan fingerprint density at radius 1 is 1.06 bits per heavy atom. The average molecular weight is 479 g/mol. The minimum absolute atomic E-state index is 0.0507. The Hall–Kier alpha value is -3.16. The van der Waals surface area contributed by atoms with Gasteiger partial charge in [0, 0.05) is 25.2 Å². The first-order valence-corrected chi connectivity index (χ1v) is 14.8. The van der Waals surface area contributed by atoms with Gasteiger partial charge in [0.15, 0.2) is 11.2 Å². The number of ether oxygens (including phenoxy) is 3. The molecule has 2 aromatic carbocycles. The van der Waals surface area contributed by atoms with Gasteiger partial charge in [-0.3, -0.25) is 9.59 Å². The first-order valence-electron chi connectivity index (χ1n) is 11.4. The maximum atomic E-state index is 13.7. The number of methoxy groups -OCH3 is 1. The Bertz CT molecular complexity index is 1100. The van der Waals surface area contributed by atoms with Crippen LogP contribution in [0.5, 0.6) is 0 Å². The van der Waals surface area contributed by atoms with Crippen molar-refractivity contribution in [2.24, 2.45) is 5.41 Å². The number of ketones is 1. The van der Waals surface area contributed by atoms with Gasteiger partial charge in [0.25, 0.3) is 0 Å². The molecule has 2 aromatic rings. The molecule has 3 atom stereocenters. The van der Waals surface area contributed by atoms with Gasteiger partial charge in [-0.05, 0) is 31.3 Å². The van der Waals surface area contributed by atoms with Gasteiger partial charge >= 0.3 is 5.97 Å². The van der Waals surface area contributed by atoms with E-state index in [0.717, 1.165) is 11.1 Å². The van der Waals surface area contributed by atoms with E-state index in [4.69, 9.17) is 18.6 Å². The van der Waals surface area contributed by atoms with Crippen LogP contribution in [-0.2, 0) is 34.8 Å². The Labute approximate surface area is 201 Å². The smallest absolute Gasteiger partial charge is 0.327 e. The zero-order chi connectivity index (χ0) is 24.3. The summed E-state index contributed by atoms with van der Waals surface area (Å²) in [4.78, 5) is 27.4. The molecule has 4 rings (SSSR count). The van der Waals surface area contributed by atoms with Crippen LogP contribution in [0.25, 0.3) is 5.76 Å². The summed E-state index contributed by atoms with van der Waals surface area (Å²) >= 11 is 0. The Kier molecular flexibility index (Phi) is 6.77. The second kappa shape index (κ2) is 9.60. The minimum Gasteiger partial charge on any atom is -0.547 e. The van der Waals surface area contributed by atoms with Gasteiger partial charge in [0.05, 0.1) is 5.76 Å². The maximum absolute atomic E-state index is 13.7. The first kappa shape index (κ1) is 24.0. The van der Waals surface area contributed by atoms with Crippen LogP contribution in [0.4, 0.5) is 0 Å². The molecule has 0 saturated heterocycles. The van der Waals surface area contributed by atoms with Crippen molar-refractivity contribution in [1.82, 2.24) is 0 Å². The fourth-order valence-electron chi connectivity index (χ4n) is 4.42. The van der Waals surface area contributed by atoms with Crippen molar-refractivity contribution < 1.29 is 28.2 Å². The molecule has 178 valence electrons. The van der Waals surface area contributed by atoms with Crippen LogP contribution in [0, 0.1) is 5.41 Å². The zero-order valence-electron chi connectivity index (χ0n) is 19.9. The van der Waals surface area contributed by atoms with Crippen molar-refractivity contribution in [3.05, 3.63) is 89.7 Å². The van der Waals surface area contributed by atoms with Crippen LogP contribution in [0.15, 0.2) is 78.6 Å². The third-order valence-corrected chi connectivity index (χ3v) is 6.79. The van der Waals surface area contributed by atoms with Crippen molar-refractivity contribution in [3.8, 4) is 0 Å². The Morgan fingerprint density at radius 3 is 2.32 bits per heavy atom. The van der Waals surface area contributed by atoms with Gasteiger partial charge in [-0.15, -0.1) is 0 Å². The highest BCUT2D eigenvalue weighted by Crippen LogP contribution is 2.47. The second-order valence-electron chi connectivity index (χ2n) is 9.48. The van der Waals surface area contributed by atoms with E-state index >= 15 is 0 Å². The molecule has 1 aliphatic heterocycles. The van der Waals surface area contributed by atoms with E-state index in [1.165, 1.54) is 13.2 Å². The fraction of sp³-hybridized carbons (Fsp3) is 0.333. The number of hydrogen-bond donors (Lipinski definition) is 0. The van der Waals surface area contributed by atoms with Crippen molar-refractivity contribution in [1.29, 1.82) is 0 Å². The summed E-state index contributed by atoms with van der Waals surface area (Å²) in [6.45, 7) is 6.28. The van der Waals surface area contributed by atoms with E-state index in [-0.39, 0.29) is 13.0 Å². The molecule has 0 unspecified atom stereocenters. The number of benzene rings is 2. The molecule has 0 aromatic heterocycles. The minimum atomic E-state index is -1.95. The lowest BCUT2D eigenvalue weighted by Crippen LogP contribution is -2.61. The molecule has 1 heterocycles. The van der Waals surface area contributed by atoms with Gasteiger partial charge < -0.3 is 18.6 Å². The number of hydrogen-bond acceptors (Lipinski definition) is 6. The summed E-state index contributed by atoms with van der Waals surface area (Å²) in [5.74, 6) is 0.0384. The lowest BCUT2D eigenvalue weighted by atomic mass is 9.67. The lowest BCUT2D eigenvalue weighted by molar-refractivity contribution is -0.181. The highest BCUT2D eigenvalue weighted by atomic mass is 28.4. The second-order valence-corrected chi connectivity index (χ2v) is 13.9. The number of esters is 1. The predicted octanol–water partition coefficient (Wildman–Crippen LogP) is 4.88. The van der Waals surface area contributed by atoms with Crippen molar-refractivity contribution in [3.63, 3.8) is 0 Å². The largest absolute Gasteiger partial charge is 0.547 e. The monoisotopic (exact) mass is 478 g/mol. The number of allylic oxidation sites excluding steroid dienone is 1. The highest BCUT2D eigenvalue weighted by Gasteiger charge is 2.63. The third-order valence-electron chi connectivity index (χ3n) is 5.92. The molecule has 1 aliphatic carbocycles. The number of rotatable bonds is 7. The molecule has 0 N–H and O–H groups in total. The topological polar surface area (TPSA) is 71.1 Å². The SMILES string of the molecule is CO[C@@H]1C=C(O[Si](C)(C)C)C[C@@H]2OC(c3ccccc3)=CC(=O)[C@@]21C(=O)OCc1ccccc1. The number of fused-ring (bicyclic) bond motifs is 1. The molecule has 0 amide bonds. The van der Waals surface area contributed by atoms with Crippen LogP contribution in [0.2, 0.25) is 19.6 Å². The zero-order valence-corrected chi connectivity index (χ0v) is 20.9. The summed E-state index contributed by atoms with van der Waals surface area (Å²) in [6.07, 6.45) is 1.67. The normalized spacial score (nSPS) is 24.3. The van der Waals surface area contributed by atoms with Crippen LogP contribution >= 0.6 is 0 Å². The first-order chi connectivity index (χ1) is 16.2. The molecule has 0 spiro atoms. The molecule has 34 heavy (non-hydrogen) atoms. The summed E-state index contributed by atoms with van der Waals surface area (Å²) in [6, 6.07) is 18.7. The van der Waals surface area contributed by atoms with Crippen molar-refractivity contribution in [2.45, 2.75) is 44.9 Å². The fourth-order valence-corrected chi connectivity index (χ4v) is 5.36. The summed E-state index contributed by atoms with van der Waals surface area (Å²) in [7, 11) is -0.470. The van der Waals surface area contributed by atoms with Crippen LogP contribution in [0.1, 0.15) is 17.5 Å². The molecule has 0 bridgehead atoms. The van der Waals surface area contributed by atoms with Gasteiger partial charge in [0.2, 0.25) is 8.32 Å². The van der Waals surface area contributed by atoms with Crippen LogP contribution < -0.4 is 0 Å². The Balaban J connectivity index is 1.73. The number of carbonyl (C=O) groups is 2. The van der Waals surface area contributed by atoms with E-state index < -0.39 is 37.7 Å². The highest BCUT2D eigenvalue weighted by molar-refractivity contribution is 6.70. The average Bonchev–Trinajstić information content (AvgIpc) is 2.82. The van der Waals surface area contributed by atoms with Gasteiger partial charge in [-0.1, -0.05) is 60.7 Å². The third kappa shape index (κ3) is 4.72. The molecule has 6 nitrogen and oxygen atoms in total.